The summed E-state index contributed by atoms with van der Waals surface area (Å²) in [6.07, 6.45) is 3.91. The maximum atomic E-state index is 9.06. The molecular weight excluding hydrogens is 196 g/mol. The minimum Gasteiger partial charge on any atom is -0.392 e. The van der Waals surface area contributed by atoms with Gasteiger partial charge in [-0.05, 0) is 34.8 Å². The van der Waals surface area contributed by atoms with Crippen LogP contribution in [0.4, 0.5) is 0 Å². The largest absolute Gasteiger partial charge is 0.392 e. The van der Waals surface area contributed by atoms with Gasteiger partial charge in [0.25, 0.3) is 0 Å². The fourth-order valence-corrected chi connectivity index (χ4v) is 3.01. The third-order valence-electron chi connectivity index (χ3n) is 4.75. The van der Waals surface area contributed by atoms with Gasteiger partial charge in [-0.3, -0.25) is 0 Å². The molecule has 0 bridgehead atoms. The van der Waals surface area contributed by atoms with Gasteiger partial charge in [-0.15, -0.1) is 0 Å². The molecule has 1 fully saturated rings. The summed E-state index contributed by atoms with van der Waals surface area (Å²) < 4.78 is 0. The van der Waals surface area contributed by atoms with Crippen molar-refractivity contribution >= 4 is 0 Å². The molecular formula is C15H22O. The lowest BCUT2D eigenvalue weighted by Gasteiger charge is -2.39. The normalized spacial score (nSPS) is 28.2. The van der Waals surface area contributed by atoms with E-state index in [4.69, 9.17) is 5.11 Å². The smallest absolute Gasteiger partial charge is 0.0681 e. The van der Waals surface area contributed by atoms with Crippen LogP contribution >= 0.6 is 0 Å². The molecule has 1 aliphatic carbocycles. The monoisotopic (exact) mass is 218 g/mol. The number of benzene rings is 1. The molecule has 1 nitrogen and oxygen atoms in total. The molecule has 0 saturated heterocycles. The molecule has 0 aliphatic heterocycles. The summed E-state index contributed by atoms with van der Waals surface area (Å²) in [6, 6.07) is 8.49. The Morgan fingerprint density at radius 3 is 2.12 bits per heavy atom. The second-order valence-corrected chi connectivity index (χ2v) is 5.92. The summed E-state index contributed by atoms with van der Waals surface area (Å²) in [4.78, 5) is 0. The zero-order chi connectivity index (χ0) is 11.8. The molecule has 1 aromatic carbocycles. The molecule has 2 rings (SSSR count). The van der Waals surface area contributed by atoms with Crippen molar-refractivity contribution in [3.8, 4) is 0 Å². The molecule has 16 heavy (non-hydrogen) atoms. The molecule has 0 aromatic heterocycles. The Kier molecular flexibility index (Phi) is 2.83. The van der Waals surface area contributed by atoms with Crippen molar-refractivity contribution in [3.63, 3.8) is 0 Å². The van der Waals surface area contributed by atoms with E-state index in [0.29, 0.717) is 10.8 Å². The fraction of sp³-hybridized carbons (Fsp3) is 0.600. The highest BCUT2D eigenvalue weighted by Crippen LogP contribution is 2.53. The number of hydrogen-bond acceptors (Lipinski definition) is 1. The Morgan fingerprint density at radius 2 is 1.69 bits per heavy atom. The summed E-state index contributed by atoms with van der Waals surface area (Å²) in [5.41, 5.74) is 3.10. The lowest BCUT2D eigenvalue weighted by Crippen LogP contribution is -2.33. The minimum atomic E-state index is 0.139. The molecule has 1 atom stereocenters. The summed E-state index contributed by atoms with van der Waals surface area (Å²) in [7, 11) is 0. The van der Waals surface area contributed by atoms with Gasteiger partial charge in [0.15, 0.2) is 0 Å². The lowest BCUT2D eigenvalue weighted by molar-refractivity contribution is 0.224. The molecule has 0 heterocycles. The van der Waals surface area contributed by atoms with Gasteiger partial charge in [0.05, 0.1) is 6.61 Å². The zero-order valence-electron chi connectivity index (χ0n) is 10.6. The van der Waals surface area contributed by atoms with E-state index < -0.39 is 0 Å². The van der Waals surface area contributed by atoms with Crippen molar-refractivity contribution in [1.29, 1.82) is 0 Å². The first-order chi connectivity index (χ1) is 7.49. The summed E-state index contributed by atoms with van der Waals surface area (Å²) in [6.45, 7) is 7.27. The topological polar surface area (TPSA) is 20.2 Å². The first-order valence-electron chi connectivity index (χ1n) is 6.20. The van der Waals surface area contributed by atoms with E-state index in [1.165, 1.54) is 24.8 Å². The van der Waals surface area contributed by atoms with Gasteiger partial charge in [0, 0.05) is 0 Å². The Balaban J connectivity index is 2.35. The van der Waals surface area contributed by atoms with Crippen LogP contribution in [0.25, 0.3) is 0 Å². The van der Waals surface area contributed by atoms with Crippen LogP contribution < -0.4 is 0 Å². The van der Waals surface area contributed by atoms with Gasteiger partial charge in [0.2, 0.25) is 0 Å². The third-order valence-corrected chi connectivity index (χ3v) is 4.75. The maximum absolute atomic E-state index is 9.06. The Labute approximate surface area is 98.5 Å². The maximum Gasteiger partial charge on any atom is 0.0681 e. The standard InChI is InChI=1S/C15H22O/c1-14(2)9-4-10-15(14,3)13-7-5-12(11-16)6-8-13/h5-8,16H,4,9-11H2,1-3H3. The minimum absolute atomic E-state index is 0.139. The predicted molar refractivity (Wildman–Crippen MR) is 67.3 cm³/mol. The number of aliphatic hydroxyl groups excluding tert-OH is 1. The molecule has 88 valence electrons. The first-order valence-corrected chi connectivity index (χ1v) is 6.20. The third kappa shape index (κ3) is 1.67. The molecule has 1 saturated carbocycles. The van der Waals surface area contributed by atoms with E-state index in [9.17, 15) is 0 Å². The van der Waals surface area contributed by atoms with E-state index in [2.05, 4.69) is 45.0 Å². The molecule has 1 aromatic rings. The number of rotatable bonds is 2. The van der Waals surface area contributed by atoms with Gasteiger partial charge >= 0.3 is 0 Å². The van der Waals surface area contributed by atoms with E-state index in [-0.39, 0.29) is 6.61 Å². The predicted octanol–water partition coefficient (Wildman–Crippen LogP) is 3.65. The van der Waals surface area contributed by atoms with Gasteiger partial charge in [0.1, 0.15) is 0 Å². The highest BCUT2D eigenvalue weighted by molar-refractivity contribution is 5.31. The molecule has 1 aliphatic rings. The molecule has 0 radical (unpaired) electrons. The molecule has 0 amide bonds. The van der Waals surface area contributed by atoms with E-state index >= 15 is 0 Å². The quantitative estimate of drug-likeness (QED) is 0.803. The molecule has 1 heteroatoms. The van der Waals surface area contributed by atoms with Crippen LogP contribution in [-0.2, 0) is 12.0 Å². The Morgan fingerprint density at radius 1 is 1.06 bits per heavy atom. The second-order valence-electron chi connectivity index (χ2n) is 5.92. The van der Waals surface area contributed by atoms with Crippen molar-refractivity contribution in [1.82, 2.24) is 0 Å². The average molecular weight is 218 g/mol. The second kappa shape index (κ2) is 3.89. The Bertz CT molecular complexity index is 364. The van der Waals surface area contributed by atoms with Crippen molar-refractivity contribution in [3.05, 3.63) is 35.4 Å². The lowest BCUT2D eigenvalue weighted by atomic mass is 9.65. The van der Waals surface area contributed by atoms with E-state index in [1.54, 1.807) is 0 Å². The van der Waals surface area contributed by atoms with Crippen LogP contribution in [0.15, 0.2) is 24.3 Å². The van der Waals surface area contributed by atoms with Crippen LogP contribution in [0, 0.1) is 5.41 Å². The zero-order valence-corrected chi connectivity index (χ0v) is 10.6. The van der Waals surface area contributed by atoms with E-state index in [1.807, 2.05) is 0 Å². The van der Waals surface area contributed by atoms with Crippen LogP contribution in [0.5, 0.6) is 0 Å². The van der Waals surface area contributed by atoms with Gasteiger partial charge in [-0.1, -0.05) is 51.5 Å². The number of hydrogen-bond donors (Lipinski definition) is 1. The van der Waals surface area contributed by atoms with E-state index in [0.717, 1.165) is 5.56 Å². The van der Waals surface area contributed by atoms with Crippen LogP contribution in [-0.4, -0.2) is 5.11 Å². The van der Waals surface area contributed by atoms with Crippen molar-refractivity contribution < 1.29 is 5.11 Å². The fourth-order valence-electron chi connectivity index (χ4n) is 3.01. The van der Waals surface area contributed by atoms with Crippen LogP contribution in [0.1, 0.15) is 51.2 Å². The van der Waals surface area contributed by atoms with Crippen LogP contribution in [0.2, 0.25) is 0 Å². The van der Waals surface area contributed by atoms with Gasteiger partial charge in [-0.2, -0.15) is 0 Å². The molecule has 1 N–H and O–H groups in total. The highest BCUT2D eigenvalue weighted by atomic mass is 16.3. The molecule has 1 unspecified atom stereocenters. The van der Waals surface area contributed by atoms with Gasteiger partial charge < -0.3 is 5.11 Å². The summed E-state index contributed by atoms with van der Waals surface area (Å²) in [5, 5.41) is 9.06. The Hall–Kier alpha value is -0.820. The summed E-state index contributed by atoms with van der Waals surface area (Å²) in [5.74, 6) is 0. The van der Waals surface area contributed by atoms with Crippen molar-refractivity contribution in [2.75, 3.05) is 0 Å². The molecule has 0 spiro atoms. The van der Waals surface area contributed by atoms with Crippen molar-refractivity contribution in [2.24, 2.45) is 5.41 Å². The van der Waals surface area contributed by atoms with Gasteiger partial charge in [-0.25, -0.2) is 0 Å². The highest BCUT2D eigenvalue weighted by Gasteiger charge is 2.45. The number of aliphatic hydroxyl groups is 1. The first kappa shape index (κ1) is 11.7. The SMILES string of the molecule is CC1(C)CCCC1(C)c1ccc(CO)cc1. The average Bonchev–Trinajstić information content (AvgIpc) is 2.55. The summed E-state index contributed by atoms with van der Waals surface area (Å²) >= 11 is 0. The van der Waals surface area contributed by atoms with Crippen molar-refractivity contribution in [2.45, 2.75) is 52.1 Å². The van der Waals surface area contributed by atoms with Crippen LogP contribution in [0.3, 0.4) is 0 Å².